The van der Waals surface area contributed by atoms with Crippen molar-refractivity contribution in [1.82, 2.24) is 20.1 Å². The Morgan fingerprint density at radius 3 is 2.68 bits per heavy atom. The Hall–Kier alpha value is -3.12. The summed E-state index contributed by atoms with van der Waals surface area (Å²) in [5.41, 5.74) is 2.84. The summed E-state index contributed by atoms with van der Waals surface area (Å²) in [6.07, 6.45) is 2.26. The zero-order chi connectivity index (χ0) is 21.6. The molecular formula is C25H26N4OS. The maximum Gasteiger partial charge on any atom is 0.252 e. The summed E-state index contributed by atoms with van der Waals surface area (Å²) in [7, 11) is 0. The summed E-state index contributed by atoms with van der Waals surface area (Å²) >= 11 is 1.70. The van der Waals surface area contributed by atoms with Gasteiger partial charge in [0.25, 0.3) is 5.91 Å². The first-order chi connectivity index (χ1) is 15.2. The quantitative estimate of drug-likeness (QED) is 0.294. The Morgan fingerprint density at radius 2 is 1.84 bits per heavy atom. The average Bonchev–Trinajstić information content (AvgIpc) is 3.20. The number of amides is 1. The number of carbonyl (C=O) groups is 1. The van der Waals surface area contributed by atoms with Crippen molar-refractivity contribution < 1.29 is 4.79 Å². The lowest BCUT2D eigenvalue weighted by Crippen LogP contribution is -2.25. The van der Waals surface area contributed by atoms with E-state index >= 15 is 0 Å². The number of unbranched alkanes of at least 4 members (excludes halogenated alkanes) is 1. The molecule has 0 spiro atoms. The SMILES string of the molecule is CCCCSc1nnc(CNC(=O)c2cccc3ccccc23)n1-c1cccc(C)c1. The van der Waals surface area contributed by atoms with Crippen molar-refractivity contribution >= 4 is 28.4 Å². The molecule has 1 amide bonds. The van der Waals surface area contributed by atoms with Gasteiger partial charge in [0.1, 0.15) is 0 Å². The number of carbonyl (C=O) groups excluding carboxylic acids is 1. The highest BCUT2D eigenvalue weighted by atomic mass is 32.2. The van der Waals surface area contributed by atoms with Crippen molar-refractivity contribution in [2.24, 2.45) is 0 Å². The molecule has 1 heterocycles. The van der Waals surface area contributed by atoms with Gasteiger partial charge < -0.3 is 5.32 Å². The first-order valence-corrected chi connectivity index (χ1v) is 11.6. The van der Waals surface area contributed by atoms with E-state index in [1.165, 1.54) is 5.56 Å². The molecule has 4 rings (SSSR count). The zero-order valence-electron chi connectivity index (χ0n) is 17.8. The normalized spacial score (nSPS) is 11.0. The summed E-state index contributed by atoms with van der Waals surface area (Å²) in [5.74, 6) is 1.59. The molecule has 0 aliphatic carbocycles. The van der Waals surface area contributed by atoms with E-state index in [1.54, 1.807) is 11.8 Å². The third-order valence-electron chi connectivity index (χ3n) is 5.13. The van der Waals surface area contributed by atoms with Crippen LogP contribution in [0.5, 0.6) is 0 Å². The van der Waals surface area contributed by atoms with Crippen LogP contribution in [0.3, 0.4) is 0 Å². The number of rotatable bonds is 8. The average molecular weight is 431 g/mol. The molecule has 158 valence electrons. The highest BCUT2D eigenvalue weighted by molar-refractivity contribution is 7.99. The molecule has 31 heavy (non-hydrogen) atoms. The fraction of sp³-hybridized carbons (Fsp3) is 0.240. The van der Waals surface area contributed by atoms with Gasteiger partial charge in [-0.1, -0.05) is 73.6 Å². The monoisotopic (exact) mass is 430 g/mol. The van der Waals surface area contributed by atoms with Gasteiger partial charge in [0.2, 0.25) is 0 Å². The summed E-state index contributed by atoms with van der Waals surface area (Å²) in [6, 6.07) is 22.0. The Morgan fingerprint density at radius 1 is 1.03 bits per heavy atom. The van der Waals surface area contributed by atoms with E-state index in [2.05, 4.69) is 52.1 Å². The number of nitrogens with zero attached hydrogens (tertiary/aromatic N) is 3. The summed E-state index contributed by atoms with van der Waals surface area (Å²) in [5, 5.41) is 14.7. The van der Waals surface area contributed by atoms with Crippen LogP contribution in [-0.2, 0) is 6.54 Å². The zero-order valence-corrected chi connectivity index (χ0v) is 18.7. The van der Waals surface area contributed by atoms with Crippen LogP contribution in [0.15, 0.2) is 71.9 Å². The van der Waals surface area contributed by atoms with Crippen molar-refractivity contribution in [3.63, 3.8) is 0 Å². The number of hydrogen-bond acceptors (Lipinski definition) is 4. The van der Waals surface area contributed by atoms with Crippen LogP contribution in [0.1, 0.15) is 41.5 Å². The summed E-state index contributed by atoms with van der Waals surface area (Å²) < 4.78 is 2.05. The van der Waals surface area contributed by atoms with Crippen LogP contribution in [0, 0.1) is 6.92 Å². The number of hydrogen-bond donors (Lipinski definition) is 1. The molecule has 1 N–H and O–H groups in total. The van der Waals surface area contributed by atoms with Gasteiger partial charge in [0.15, 0.2) is 11.0 Å². The molecule has 0 saturated heterocycles. The summed E-state index contributed by atoms with van der Waals surface area (Å²) in [6.45, 7) is 4.55. The lowest BCUT2D eigenvalue weighted by atomic mass is 10.0. The van der Waals surface area contributed by atoms with Crippen LogP contribution >= 0.6 is 11.8 Å². The van der Waals surface area contributed by atoms with E-state index in [0.717, 1.165) is 46.0 Å². The predicted molar refractivity (Wildman–Crippen MR) is 127 cm³/mol. The van der Waals surface area contributed by atoms with Crippen molar-refractivity contribution in [3.8, 4) is 5.69 Å². The van der Waals surface area contributed by atoms with Crippen LogP contribution in [0.4, 0.5) is 0 Å². The van der Waals surface area contributed by atoms with Crippen molar-refractivity contribution in [2.45, 2.75) is 38.4 Å². The third kappa shape index (κ3) is 4.80. The molecule has 0 fully saturated rings. The lowest BCUT2D eigenvalue weighted by molar-refractivity contribution is 0.0951. The number of thioether (sulfide) groups is 1. The predicted octanol–water partition coefficient (Wildman–Crippen LogP) is 5.55. The standard InChI is InChI=1S/C25H26N4OS/c1-3-4-15-31-25-28-27-23(29(25)20-12-7-9-18(2)16-20)17-26-24(30)22-14-8-11-19-10-5-6-13-21(19)22/h5-14,16H,3-4,15,17H2,1-2H3,(H,26,30). The number of fused-ring (bicyclic) bond motifs is 1. The van der Waals surface area contributed by atoms with E-state index < -0.39 is 0 Å². The molecule has 0 aliphatic rings. The molecule has 4 aromatic rings. The molecule has 0 radical (unpaired) electrons. The van der Waals surface area contributed by atoms with Gasteiger partial charge in [-0.3, -0.25) is 9.36 Å². The maximum atomic E-state index is 13.0. The number of aryl methyl sites for hydroxylation is 1. The smallest absolute Gasteiger partial charge is 0.252 e. The molecule has 5 nitrogen and oxygen atoms in total. The Labute approximate surface area is 186 Å². The molecular weight excluding hydrogens is 404 g/mol. The molecule has 1 aromatic heterocycles. The van der Waals surface area contributed by atoms with Crippen LogP contribution in [0.25, 0.3) is 16.5 Å². The van der Waals surface area contributed by atoms with E-state index in [4.69, 9.17) is 0 Å². The topological polar surface area (TPSA) is 59.8 Å². The van der Waals surface area contributed by atoms with Crippen molar-refractivity contribution in [2.75, 3.05) is 5.75 Å². The lowest BCUT2D eigenvalue weighted by Gasteiger charge is -2.12. The molecule has 6 heteroatoms. The van der Waals surface area contributed by atoms with Gasteiger partial charge in [0, 0.05) is 17.0 Å². The second kappa shape index (κ2) is 9.79. The van der Waals surface area contributed by atoms with Gasteiger partial charge in [-0.25, -0.2) is 0 Å². The van der Waals surface area contributed by atoms with E-state index in [1.807, 2.05) is 48.5 Å². The molecule has 0 aliphatic heterocycles. The van der Waals surface area contributed by atoms with Crippen molar-refractivity contribution in [3.05, 3.63) is 83.7 Å². The van der Waals surface area contributed by atoms with Gasteiger partial charge in [-0.2, -0.15) is 0 Å². The number of nitrogens with one attached hydrogen (secondary N) is 1. The molecule has 3 aromatic carbocycles. The first-order valence-electron chi connectivity index (χ1n) is 10.6. The second-order valence-electron chi connectivity index (χ2n) is 7.48. The Balaban J connectivity index is 1.60. The highest BCUT2D eigenvalue weighted by Gasteiger charge is 2.16. The fourth-order valence-corrected chi connectivity index (χ4v) is 4.57. The van der Waals surface area contributed by atoms with Crippen molar-refractivity contribution in [1.29, 1.82) is 0 Å². The fourth-order valence-electron chi connectivity index (χ4n) is 3.52. The minimum Gasteiger partial charge on any atom is -0.345 e. The largest absolute Gasteiger partial charge is 0.345 e. The van der Waals surface area contributed by atoms with Crippen LogP contribution in [0.2, 0.25) is 0 Å². The Bertz CT molecular complexity index is 1200. The minimum absolute atomic E-state index is 0.115. The second-order valence-corrected chi connectivity index (χ2v) is 8.55. The van der Waals surface area contributed by atoms with Gasteiger partial charge >= 0.3 is 0 Å². The third-order valence-corrected chi connectivity index (χ3v) is 6.15. The summed E-state index contributed by atoms with van der Waals surface area (Å²) in [4.78, 5) is 13.0. The van der Waals surface area contributed by atoms with Gasteiger partial charge in [-0.15, -0.1) is 10.2 Å². The van der Waals surface area contributed by atoms with E-state index in [9.17, 15) is 4.79 Å². The van der Waals surface area contributed by atoms with E-state index in [-0.39, 0.29) is 5.91 Å². The first kappa shape index (κ1) is 21.1. The molecule has 0 bridgehead atoms. The minimum atomic E-state index is -0.115. The number of aromatic nitrogens is 3. The molecule has 0 saturated carbocycles. The molecule has 0 unspecified atom stereocenters. The van der Waals surface area contributed by atoms with Gasteiger partial charge in [0.05, 0.1) is 6.54 Å². The maximum absolute atomic E-state index is 13.0. The van der Waals surface area contributed by atoms with Gasteiger partial charge in [-0.05, 0) is 47.9 Å². The molecule has 0 atom stereocenters. The Kier molecular flexibility index (Phi) is 6.67. The van der Waals surface area contributed by atoms with Crippen LogP contribution < -0.4 is 5.32 Å². The highest BCUT2D eigenvalue weighted by Crippen LogP contribution is 2.24. The van der Waals surface area contributed by atoms with E-state index in [0.29, 0.717) is 12.1 Å². The van der Waals surface area contributed by atoms with Crippen LogP contribution in [-0.4, -0.2) is 26.4 Å². The number of benzene rings is 3.